The zero-order chi connectivity index (χ0) is 15.8. The van der Waals surface area contributed by atoms with Crippen LogP contribution in [-0.4, -0.2) is 29.6 Å². The Balaban J connectivity index is 2.16. The normalized spacial score (nSPS) is 15.1. The highest BCUT2D eigenvalue weighted by atomic mass is 32.2. The first-order chi connectivity index (χ1) is 9.62. The van der Waals surface area contributed by atoms with Crippen LogP contribution in [0.4, 0.5) is 0 Å². The molecule has 8 heteroatoms. The fourth-order valence-corrected chi connectivity index (χ4v) is 3.21. The maximum absolute atomic E-state index is 12.1. The average molecular weight is 313 g/mol. The Hall–Kier alpha value is -1.64. The number of aryl methyl sites for hydroxylation is 3. The molecular weight excluding hydrogens is 294 g/mol. The van der Waals surface area contributed by atoms with Gasteiger partial charge in [-0.25, -0.2) is 18.1 Å². The third-order valence-corrected chi connectivity index (χ3v) is 4.47. The molecule has 2 rings (SSSR count). The van der Waals surface area contributed by atoms with Crippen molar-refractivity contribution in [2.24, 2.45) is 7.05 Å². The number of hydrogen-bond donors (Lipinski definition) is 2. The van der Waals surface area contributed by atoms with Crippen molar-refractivity contribution in [2.75, 3.05) is 6.54 Å². The van der Waals surface area contributed by atoms with Crippen molar-refractivity contribution in [2.45, 2.75) is 31.4 Å². The van der Waals surface area contributed by atoms with Gasteiger partial charge in [0, 0.05) is 25.4 Å². The smallest absolute Gasteiger partial charge is 0.259 e. The van der Waals surface area contributed by atoms with Gasteiger partial charge in [-0.3, -0.25) is 0 Å². The Bertz CT molecular complexity index is 743. The zero-order valence-electron chi connectivity index (χ0n) is 12.4. The van der Waals surface area contributed by atoms with E-state index >= 15 is 0 Å². The number of aliphatic hydroxyl groups is 1. The summed E-state index contributed by atoms with van der Waals surface area (Å²) in [5, 5.41) is 10.4. The molecule has 0 saturated heterocycles. The Morgan fingerprint density at radius 2 is 2.14 bits per heavy atom. The molecule has 0 unspecified atom stereocenters. The summed E-state index contributed by atoms with van der Waals surface area (Å²) in [5.74, 6) is 1.23. The van der Waals surface area contributed by atoms with Crippen molar-refractivity contribution in [3.8, 4) is 0 Å². The number of rotatable bonds is 5. The van der Waals surface area contributed by atoms with E-state index in [9.17, 15) is 13.5 Å². The van der Waals surface area contributed by atoms with Crippen LogP contribution in [0.2, 0.25) is 0 Å². The maximum Gasteiger partial charge on any atom is 0.259 e. The van der Waals surface area contributed by atoms with Gasteiger partial charge in [0.1, 0.15) is 17.1 Å². The summed E-state index contributed by atoms with van der Waals surface area (Å²) in [4.78, 5) is 3.79. The topological polar surface area (TPSA) is 97.4 Å². The fraction of sp³-hybridized carbons (Fsp3) is 0.462. The molecule has 1 atom stereocenters. The van der Waals surface area contributed by atoms with E-state index in [1.54, 1.807) is 27.0 Å². The second-order valence-corrected chi connectivity index (χ2v) is 7.02. The van der Waals surface area contributed by atoms with Gasteiger partial charge in [0.25, 0.3) is 10.0 Å². The molecule has 0 bridgehead atoms. The van der Waals surface area contributed by atoms with Gasteiger partial charge in [0.2, 0.25) is 0 Å². The fourth-order valence-electron chi connectivity index (χ4n) is 2.10. The van der Waals surface area contributed by atoms with Gasteiger partial charge in [-0.1, -0.05) is 0 Å². The highest BCUT2D eigenvalue weighted by molar-refractivity contribution is 7.89. The molecule has 0 aliphatic carbocycles. The molecule has 0 radical (unpaired) electrons. The Kier molecular flexibility index (Phi) is 3.96. The van der Waals surface area contributed by atoms with Crippen LogP contribution in [0.1, 0.15) is 24.0 Å². The quantitative estimate of drug-likeness (QED) is 0.851. The second-order valence-electron chi connectivity index (χ2n) is 5.30. The number of aromatic nitrogens is 2. The number of hydrogen-bond acceptors (Lipinski definition) is 5. The number of nitrogens with zero attached hydrogens (tertiary/aromatic N) is 2. The summed E-state index contributed by atoms with van der Waals surface area (Å²) >= 11 is 0. The first kappa shape index (κ1) is 15.7. The van der Waals surface area contributed by atoms with E-state index in [1.165, 1.54) is 24.0 Å². The molecule has 21 heavy (non-hydrogen) atoms. The predicted molar refractivity (Wildman–Crippen MR) is 76.1 cm³/mol. The lowest BCUT2D eigenvalue weighted by Gasteiger charge is -2.22. The van der Waals surface area contributed by atoms with Crippen LogP contribution in [0.15, 0.2) is 28.0 Å². The van der Waals surface area contributed by atoms with Crippen LogP contribution in [-0.2, 0) is 22.7 Å². The van der Waals surface area contributed by atoms with E-state index in [-0.39, 0.29) is 11.6 Å². The van der Waals surface area contributed by atoms with Gasteiger partial charge in [-0.15, -0.1) is 0 Å². The van der Waals surface area contributed by atoms with E-state index in [0.717, 1.165) is 0 Å². The van der Waals surface area contributed by atoms with Crippen molar-refractivity contribution >= 4 is 10.0 Å². The minimum Gasteiger partial charge on any atom is -0.466 e. The van der Waals surface area contributed by atoms with Crippen LogP contribution in [0.5, 0.6) is 0 Å². The van der Waals surface area contributed by atoms with Gasteiger partial charge in [0.05, 0.1) is 6.33 Å². The van der Waals surface area contributed by atoms with Crippen LogP contribution < -0.4 is 4.72 Å². The first-order valence-electron chi connectivity index (χ1n) is 6.39. The van der Waals surface area contributed by atoms with Crippen molar-refractivity contribution in [3.05, 3.63) is 35.7 Å². The van der Waals surface area contributed by atoms with Gasteiger partial charge in [-0.05, 0) is 26.8 Å². The molecule has 0 aliphatic rings. The molecule has 0 aliphatic heterocycles. The van der Waals surface area contributed by atoms with Gasteiger partial charge in [-0.2, -0.15) is 0 Å². The molecule has 2 aromatic rings. The Morgan fingerprint density at radius 1 is 1.48 bits per heavy atom. The molecular formula is C13H19N3O4S. The number of imidazole rings is 1. The third kappa shape index (κ3) is 3.34. The maximum atomic E-state index is 12.1. The molecule has 116 valence electrons. The summed E-state index contributed by atoms with van der Waals surface area (Å²) in [6, 6.07) is 1.70. The second kappa shape index (κ2) is 5.28. The lowest BCUT2D eigenvalue weighted by molar-refractivity contribution is 0.0612. The van der Waals surface area contributed by atoms with Gasteiger partial charge in [0.15, 0.2) is 5.03 Å². The molecule has 2 heterocycles. The zero-order valence-corrected chi connectivity index (χ0v) is 13.2. The summed E-state index contributed by atoms with van der Waals surface area (Å²) in [5.41, 5.74) is -0.812. The molecule has 2 aromatic heterocycles. The van der Waals surface area contributed by atoms with Crippen molar-refractivity contribution < 1.29 is 17.9 Å². The van der Waals surface area contributed by atoms with Gasteiger partial charge >= 0.3 is 0 Å². The first-order valence-corrected chi connectivity index (χ1v) is 7.88. The predicted octanol–water partition coefficient (Wildman–Crippen LogP) is 0.816. The lowest BCUT2D eigenvalue weighted by atomic mass is 9.97. The van der Waals surface area contributed by atoms with Crippen molar-refractivity contribution in [3.63, 3.8) is 0 Å². The molecule has 2 N–H and O–H groups in total. The van der Waals surface area contributed by atoms with Crippen LogP contribution >= 0.6 is 0 Å². The number of nitrogens with one attached hydrogen (secondary N) is 1. The monoisotopic (exact) mass is 313 g/mol. The van der Waals surface area contributed by atoms with E-state index in [1.807, 2.05) is 0 Å². The Morgan fingerprint density at radius 3 is 2.62 bits per heavy atom. The number of sulfonamides is 1. The number of furan rings is 1. The Labute approximate surface area is 123 Å². The van der Waals surface area contributed by atoms with E-state index in [0.29, 0.717) is 17.1 Å². The van der Waals surface area contributed by atoms with Crippen molar-refractivity contribution in [1.29, 1.82) is 0 Å². The molecule has 0 spiro atoms. The SMILES string of the molecule is Cc1cc([C@@](C)(O)CNS(=O)(=O)c2cn(C)cn2)c(C)o1. The largest absolute Gasteiger partial charge is 0.466 e. The van der Waals surface area contributed by atoms with Crippen molar-refractivity contribution in [1.82, 2.24) is 14.3 Å². The van der Waals surface area contributed by atoms with E-state index in [4.69, 9.17) is 4.42 Å². The average Bonchev–Trinajstić information content (AvgIpc) is 2.94. The highest BCUT2D eigenvalue weighted by Gasteiger charge is 2.30. The summed E-state index contributed by atoms with van der Waals surface area (Å²) in [6.45, 7) is 4.85. The molecule has 7 nitrogen and oxygen atoms in total. The van der Waals surface area contributed by atoms with Crippen LogP contribution in [0, 0.1) is 13.8 Å². The lowest BCUT2D eigenvalue weighted by Crippen LogP contribution is -2.38. The molecule has 0 aromatic carbocycles. The molecule has 0 fully saturated rings. The van der Waals surface area contributed by atoms with Crippen LogP contribution in [0.25, 0.3) is 0 Å². The third-order valence-electron chi connectivity index (χ3n) is 3.18. The minimum absolute atomic E-state index is 0.0825. The van der Waals surface area contributed by atoms with E-state index in [2.05, 4.69) is 9.71 Å². The summed E-state index contributed by atoms with van der Waals surface area (Å²) in [6.07, 6.45) is 2.79. The van der Waals surface area contributed by atoms with Crippen LogP contribution in [0.3, 0.4) is 0 Å². The standard InChI is InChI=1S/C13H19N3O4S/c1-9-5-11(10(2)20-9)13(3,17)7-15-21(18,19)12-6-16(4)8-14-12/h5-6,8,15,17H,7H2,1-4H3/t13-/m0/s1. The molecule has 0 saturated carbocycles. The summed E-state index contributed by atoms with van der Waals surface area (Å²) in [7, 11) is -2.08. The summed E-state index contributed by atoms with van der Waals surface area (Å²) < 4.78 is 33.5. The molecule has 0 amide bonds. The highest BCUT2D eigenvalue weighted by Crippen LogP contribution is 2.26. The minimum atomic E-state index is -3.76. The van der Waals surface area contributed by atoms with E-state index < -0.39 is 15.6 Å². The van der Waals surface area contributed by atoms with Gasteiger partial charge < -0.3 is 14.1 Å².